The summed E-state index contributed by atoms with van der Waals surface area (Å²) >= 11 is 6.03. The van der Waals surface area contributed by atoms with E-state index in [9.17, 15) is 9.59 Å². The van der Waals surface area contributed by atoms with Gasteiger partial charge in [0.25, 0.3) is 0 Å². The maximum Gasteiger partial charge on any atom is 0.410 e. The summed E-state index contributed by atoms with van der Waals surface area (Å²) < 4.78 is 11.2. The van der Waals surface area contributed by atoms with Crippen LogP contribution < -0.4 is 4.90 Å². The summed E-state index contributed by atoms with van der Waals surface area (Å²) in [4.78, 5) is 37.1. The lowest BCUT2D eigenvalue weighted by Gasteiger charge is -2.42. The zero-order valence-corrected chi connectivity index (χ0v) is 18.7. The Labute approximate surface area is 186 Å². The Morgan fingerprint density at radius 2 is 2.16 bits per heavy atom. The number of carbonyl (C=O) groups excluding carboxylic acids is 2. The predicted molar refractivity (Wildman–Crippen MR) is 111 cm³/mol. The molecule has 0 bridgehead atoms. The second-order valence-corrected chi connectivity index (χ2v) is 9.90. The van der Waals surface area contributed by atoms with E-state index in [4.69, 9.17) is 26.3 Å². The van der Waals surface area contributed by atoms with E-state index in [2.05, 4.69) is 9.97 Å². The molecule has 0 radical (unpaired) electrons. The van der Waals surface area contributed by atoms with Crippen molar-refractivity contribution >= 4 is 29.5 Å². The van der Waals surface area contributed by atoms with Crippen molar-refractivity contribution in [3.05, 3.63) is 17.0 Å². The summed E-state index contributed by atoms with van der Waals surface area (Å²) in [5.41, 5.74) is -1.03. The number of aromatic nitrogens is 2. The Bertz CT molecular complexity index is 935. The largest absolute Gasteiger partial charge is 0.460 e. The molecule has 1 spiro atoms. The number of piperidine rings is 1. The summed E-state index contributed by atoms with van der Waals surface area (Å²) in [6.45, 7) is 7.36. The van der Waals surface area contributed by atoms with Crippen LogP contribution >= 0.6 is 11.6 Å². The number of hydrogen-bond donors (Lipinski definition) is 0. The molecule has 1 aliphatic carbocycles. The first-order valence-electron chi connectivity index (χ1n) is 10.5. The number of rotatable bonds is 3. The van der Waals surface area contributed by atoms with E-state index < -0.39 is 11.2 Å². The molecule has 1 saturated carbocycles. The second-order valence-electron chi connectivity index (χ2n) is 9.54. The highest BCUT2D eigenvalue weighted by Gasteiger charge is 2.58. The third kappa shape index (κ3) is 4.40. The van der Waals surface area contributed by atoms with Crippen molar-refractivity contribution in [2.75, 3.05) is 24.5 Å². The Balaban J connectivity index is 1.38. The minimum absolute atomic E-state index is 0.0302. The van der Waals surface area contributed by atoms with Crippen molar-refractivity contribution in [1.82, 2.24) is 14.9 Å². The van der Waals surface area contributed by atoms with Gasteiger partial charge in [-0.05, 0) is 33.6 Å². The Morgan fingerprint density at radius 1 is 1.42 bits per heavy atom. The maximum atomic E-state index is 12.7. The van der Waals surface area contributed by atoms with Crippen LogP contribution in [0.4, 0.5) is 10.6 Å². The third-order valence-electron chi connectivity index (χ3n) is 5.96. The average Bonchev–Trinajstić information content (AvgIpc) is 3.03. The number of amides is 1. The smallest absolute Gasteiger partial charge is 0.410 e. The number of esters is 1. The molecule has 0 N–H and O–H groups in total. The number of carbonyl (C=O) groups is 2. The number of ether oxygens (including phenoxy) is 2. The first-order chi connectivity index (χ1) is 14.6. The lowest BCUT2D eigenvalue weighted by molar-refractivity contribution is -0.172. The van der Waals surface area contributed by atoms with Gasteiger partial charge in [0.15, 0.2) is 10.8 Å². The average molecular weight is 448 g/mol. The van der Waals surface area contributed by atoms with Gasteiger partial charge >= 0.3 is 12.1 Å². The van der Waals surface area contributed by atoms with E-state index in [0.29, 0.717) is 31.7 Å². The van der Waals surface area contributed by atoms with Crippen LogP contribution in [0.15, 0.2) is 6.20 Å². The summed E-state index contributed by atoms with van der Waals surface area (Å²) in [6.07, 6.45) is 3.93. The minimum Gasteiger partial charge on any atom is -0.460 e. The molecule has 0 aromatic carbocycles. The molecule has 3 fully saturated rings. The van der Waals surface area contributed by atoms with Crippen LogP contribution in [0.2, 0.25) is 5.15 Å². The van der Waals surface area contributed by atoms with Crippen molar-refractivity contribution < 1.29 is 19.1 Å². The molecule has 1 aromatic rings. The van der Waals surface area contributed by atoms with E-state index in [1.54, 1.807) is 4.90 Å². The first kappa shape index (κ1) is 21.6. The molecule has 3 heterocycles. The molecular formula is C21H26ClN5O4. The van der Waals surface area contributed by atoms with Gasteiger partial charge in [-0.2, -0.15) is 5.26 Å². The number of halogens is 1. The molecule has 31 heavy (non-hydrogen) atoms. The minimum atomic E-state index is -0.599. The summed E-state index contributed by atoms with van der Waals surface area (Å²) in [5, 5.41) is 9.06. The monoisotopic (exact) mass is 447 g/mol. The number of nitrogens with zero attached hydrogens (tertiary/aromatic N) is 5. The van der Waals surface area contributed by atoms with Gasteiger partial charge in [-0.1, -0.05) is 11.6 Å². The first-order valence-corrected chi connectivity index (χ1v) is 10.9. The van der Waals surface area contributed by atoms with E-state index >= 15 is 0 Å². The van der Waals surface area contributed by atoms with Crippen molar-refractivity contribution in [2.45, 2.75) is 63.7 Å². The highest BCUT2D eigenvalue weighted by Crippen LogP contribution is 2.46. The van der Waals surface area contributed by atoms with Gasteiger partial charge in [-0.3, -0.25) is 9.69 Å². The molecule has 1 unspecified atom stereocenters. The Kier molecular flexibility index (Phi) is 5.46. The normalized spacial score (nSPS) is 28.2. The molecule has 1 aromatic heterocycles. The maximum absolute atomic E-state index is 12.7. The van der Waals surface area contributed by atoms with Gasteiger partial charge in [0.1, 0.15) is 23.1 Å². The topological polar surface area (TPSA) is 109 Å². The van der Waals surface area contributed by atoms with Gasteiger partial charge in [-0.25, -0.2) is 14.8 Å². The van der Waals surface area contributed by atoms with Gasteiger partial charge in [0.05, 0.1) is 24.7 Å². The van der Waals surface area contributed by atoms with Gasteiger partial charge in [0, 0.05) is 25.9 Å². The summed E-state index contributed by atoms with van der Waals surface area (Å²) in [6, 6.07) is 1.87. The van der Waals surface area contributed by atoms with Crippen LogP contribution in [0.5, 0.6) is 0 Å². The zero-order chi connectivity index (χ0) is 22.4. The molecule has 1 atom stereocenters. The summed E-state index contributed by atoms with van der Waals surface area (Å²) in [7, 11) is 0. The van der Waals surface area contributed by atoms with Crippen molar-refractivity contribution in [1.29, 1.82) is 5.26 Å². The molecule has 4 rings (SSSR count). The molecule has 2 saturated heterocycles. The summed E-state index contributed by atoms with van der Waals surface area (Å²) in [5.74, 6) is 0.128. The molecule has 1 amide bonds. The number of hydrogen-bond acceptors (Lipinski definition) is 8. The van der Waals surface area contributed by atoms with Crippen LogP contribution in [0.25, 0.3) is 0 Å². The van der Waals surface area contributed by atoms with Crippen LogP contribution in [-0.2, 0) is 14.3 Å². The molecule has 166 valence electrons. The van der Waals surface area contributed by atoms with Gasteiger partial charge in [-0.15, -0.1) is 0 Å². The van der Waals surface area contributed by atoms with Crippen LogP contribution in [0.3, 0.4) is 0 Å². The lowest BCUT2D eigenvalue weighted by Crippen LogP contribution is -2.53. The quantitative estimate of drug-likeness (QED) is 0.650. The molecule has 3 aliphatic rings. The van der Waals surface area contributed by atoms with E-state index in [0.717, 1.165) is 19.4 Å². The van der Waals surface area contributed by atoms with E-state index in [1.807, 2.05) is 31.7 Å². The Morgan fingerprint density at radius 3 is 2.81 bits per heavy atom. The molecule has 9 nitrogen and oxygen atoms in total. The van der Waals surface area contributed by atoms with Crippen LogP contribution in [0.1, 0.15) is 52.1 Å². The molecular weight excluding hydrogens is 422 g/mol. The van der Waals surface area contributed by atoms with Crippen molar-refractivity contribution in [3.8, 4) is 6.07 Å². The van der Waals surface area contributed by atoms with Gasteiger partial charge < -0.3 is 14.4 Å². The SMILES string of the molecule is CC(C)(C)OC(=O)C1CC2(C1)CN(C1CCCN(c3cnc(C#N)c(Cl)n3)C1)C(=O)O2. The Hall–Kier alpha value is -2.60. The van der Waals surface area contributed by atoms with Crippen molar-refractivity contribution in [2.24, 2.45) is 5.92 Å². The standard InChI is InChI=1S/C21H26ClN5O4/c1-20(2,3)30-18(28)13-7-21(8-13)12-27(19(29)31-21)14-5-4-6-26(11-14)16-10-24-15(9-23)17(22)25-16/h10,13-14H,4-8,11-12H2,1-3H3. The fraction of sp³-hybridized carbons (Fsp3) is 0.667. The van der Waals surface area contributed by atoms with E-state index in [1.165, 1.54) is 6.20 Å². The number of anilines is 1. The second kappa shape index (κ2) is 7.83. The third-order valence-corrected chi connectivity index (χ3v) is 6.22. The highest BCUT2D eigenvalue weighted by atomic mass is 35.5. The van der Waals surface area contributed by atoms with Crippen LogP contribution in [0, 0.1) is 17.2 Å². The van der Waals surface area contributed by atoms with E-state index in [-0.39, 0.29) is 34.9 Å². The fourth-order valence-electron chi connectivity index (χ4n) is 4.53. The molecule has 2 aliphatic heterocycles. The molecule has 10 heteroatoms. The predicted octanol–water partition coefficient (Wildman–Crippen LogP) is 2.91. The highest BCUT2D eigenvalue weighted by molar-refractivity contribution is 6.30. The van der Waals surface area contributed by atoms with Crippen LogP contribution in [-0.4, -0.2) is 63.8 Å². The van der Waals surface area contributed by atoms with Crippen molar-refractivity contribution in [3.63, 3.8) is 0 Å². The van der Waals surface area contributed by atoms with Gasteiger partial charge in [0.2, 0.25) is 0 Å². The zero-order valence-electron chi connectivity index (χ0n) is 17.9. The number of nitriles is 1. The lowest BCUT2D eigenvalue weighted by atomic mass is 9.70. The fourth-order valence-corrected chi connectivity index (χ4v) is 4.71.